The monoisotopic (exact) mass is 1090 g/mol. The van der Waals surface area contributed by atoms with Crippen LogP contribution in [0.3, 0.4) is 0 Å². The molecule has 0 saturated heterocycles. The van der Waals surface area contributed by atoms with E-state index >= 15 is 0 Å². The Morgan fingerprint density at radius 2 is 0.250 bits per heavy atom. The van der Waals surface area contributed by atoms with Gasteiger partial charge in [-0.1, -0.05) is 0 Å². The van der Waals surface area contributed by atoms with Gasteiger partial charge in [-0.15, -0.1) is 120 Å². The molecule has 0 atom stereocenters. The molecule has 0 spiro atoms. The Morgan fingerprint density at radius 3 is 0.250 bits per heavy atom. The molecule has 12 heavy (non-hydrogen) atoms. The van der Waals surface area contributed by atoms with E-state index < -0.39 is 0 Å². The largest absolute Gasteiger partial charge is 0.412 e. The predicted octanol–water partition coefficient (Wildman–Crippen LogP) is -1.04. The fourth-order valence-electron chi connectivity index (χ4n) is 0. The van der Waals surface area contributed by atoms with Gasteiger partial charge >= 0.3 is 0 Å². The summed E-state index contributed by atoms with van der Waals surface area (Å²) >= 11 is 0. The number of rotatable bonds is 0. The molecule has 90 valence electrons. The minimum atomic E-state index is 0. The zero-order valence-electron chi connectivity index (χ0n) is 5.44. The summed E-state index contributed by atoms with van der Waals surface area (Å²) in [7, 11) is 0. The van der Waals surface area contributed by atoms with E-state index in [2.05, 4.69) is 0 Å². The van der Waals surface area contributed by atoms with E-state index in [1.807, 2.05) is 0 Å². The Labute approximate surface area is 188 Å². The van der Waals surface area contributed by atoms with Gasteiger partial charge in [0.1, 0.15) is 0 Å². The summed E-state index contributed by atoms with van der Waals surface area (Å²) in [4.78, 5) is 0. The van der Waals surface area contributed by atoms with Gasteiger partial charge in [-0.05, 0) is 0 Å². The Kier molecular flexibility index (Phi) is 2150. The molecule has 0 aromatic rings. The van der Waals surface area contributed by atoms with Crippen LogP contribution in [0.25, 0.3) is 0 Å². The van der Waals surface area contributed by atoms with Crippen molar-refractivity contribution in [2.75, 3.05) is 0 Å². The molecule has 0 bridgehead atoms. The first-order chi connectivity index (χ1) is 0. The fraction of sp³-hybridized carbons (Fsp3) is 0. The molecule has 0 aliphatic heterocycles. The van der Waals surface area contributed by atoms with E-state index in [4.69, 9.17) is 0 Å². The van der Waals surface area contributed by atoms with Crippen LogP contribution in [-0.4, -0.2) is 27.4 Å². The van der Waals surface area contributed by atoms with Crippen molar-refractivity contribution in [3.05, 3.63) is 0 Å². The maximum Gasteiger partial charge on any atom is 0 e. The molecule has 0 aliphatic rings. The minimum absolute atomic E-state index is 0. The van der Waals surface area contributed by atoms with Gasteiger partial charge in [0, 0.05) is 44.8 Å². The van der Waals surface area contributed by atoms with Crippen molar-refractivity contribution in [2.24, 2.45) is 0 Å². The van der Waals surface area contributed by atoms with Crippen molar-refractivity contribution < 1.29 is 72.1 Å². The molecule has 0 aromatic carbocycles. The summed E-state index contributed by atoms with van der Waals surface area (Å²) in [6.07, 6.45) is 0. The number of hydrogen-bond donors (Lipinski definition) is 0. The number of halogens is 5. The van der Waals surface area contributed by atoms with Gasteiger partial charge in [-0.25, -0.2) is 0 Å². The Hall–Kier alpha value is 4.93. The summed E-state index contributed by atoms with van der Waals surface area (Å²) < 4.78 is 0. The molecular weight excluding hydrogens is 1080 g/mol. The second-order valence-corrected chi connectivity index (χ2v) is 0. The first-order valence-corrected chi connectivity index (χ1v) is 0. The van der Waals surface area contributed by atoms with Crippen LogP contribution in [-0.2, 0) is 44.8 Å². The van der Waals surface area contributed by atoms with E-state index in [1.54, 1.807) is 0 Å². The molecular formula is H15I5O5Ta2. The van der Waals surface area contributed by atoms with Crippen molar-refractivity contribution in [1.82, 2.24) is 0 Å². The van der Waals surface area contributed by atoms with Crippen molar-refractivity contribution >= 4 is 120 Å². The first kappa shape index (κ1) is 177. The third-order valence-electron chi connectivity index (χ3n) is 0. The van der Waals surface area contributed by atoms with Gasteiger partial charge in [0.2, 0.25) is 0 Å². The normalized spacial score (nSPS) is 0. The third-order valence-corrected chi connectivity index (χ3v) is 0. The molecule has 0 fully saturated rings. The molecule has 5 nitrogen and oxygen atoms in total. The molecule has 0 aliphatic carbocycles. The van der Waals surface area contributed by atoms with Crippen molar-refractivity contribution in [2.45, 2.75) is 0 Å². The standard InChI is InChI=1S/5HI.5H2O.2Ta/h5*1H;5*1H2;;. The minimum Gasteiger partial charge on any atom is -0.412 e. The van der Waals surface area contributed by atoms with E-state index in [-0.39, 0.29) is 192 Å². The van der Waals surface area contributed by atoms with Gasteiger partial charge in [-0.3, -0.25) is 0 Å². The molecule has 2 radical (unpaired) electrons. The zero-order valence-corrected chi connectivity index (χ0v) is 23.5. The first-order valence-electron chi connectivity index (χ1n) is 0. The summed E-state index contributed by atoms with van der Waals surface area (Å²) in [6.45, 7) is 0. The molecule has 0 heterocycles. The molecule has 10 N–H and O–H groups in total. The maximum absolute atomic E-state index is 0. The SMILES string of the molecule is I.I.I.I.I.O.O.O.O.O.[Ta].[Ta]. The van der Waals surface area contributed by atoms with Crippen LogP contribution >= 0.6 is 120 Å². The van der Waals surface area contributed by atoms with Gasteiger partial charge in [0.15, 0.2) is 0 Å². The molecule has 0 unspecified atom stereocenters. The third kappa shape index (κ3) is 119. The van der Waals surface area contributed by atoms with E-state index in [9.17, 15) is 0 Å². The average Bonchev–Trinajstić information content (AvgIpc) is 0. The van der Waals surface area contributed by atoms with Crippen molar-refractivity contribution in [1.29, 1.82) is 0 Å². The van der Waals surface area contributed by atoms with E-state index in [1.165, 1.54) is 0 Å². The van der Waals surface area contributed by atoms with E-state index in [0.29, 0.717) is 0 Å². The Morgan fingerprint density at radius 1 is 0.250 bits per heavy atom. The zero-order chi connectivity index (χ0) is 0. The number of hydrogen-bond acceptors (Lipinski definition) is 0. The summed E-state index contributed by atoms with van der Waals surface area (Å²) in [6, 6.07) is 0. The fourth-order valence-corrected chi connectivity index (χ4v) is 0. The quantitative estimate of drug-likeness (QED) is 0.272. The smallest absolute Gasteiger partial charge is 0 e. The summed E-state index contributed by atoms with van der Waals surface area (Å²) in [5, 5.41) is 0. The van der Waals surface area contributed by atoms with Gasteiger partial charge in [0.25, 0.3) is 0 Å². The van der Waals surface area contributed by atoms with Crippen LogP contribution in [0.5, 0.6) is 0 Å². The Balaban J connectivity index is 0. The second kappa shape index (κ2) is 146. The Bertz CT molecular complexity index is 17.8. The van der Waals surface area contributed by atoms with Gasteiger partial charge in [0.05, 0.1) is 0 Å². The predicted molar refractivity (Wildman–Crippen MR) is 95.1 cm³/mol. The second-order valence-electron chi connectivity index (χ2n) is 0. The van der Waals surface area contributed by atoms with Crippen LogP contribution in [0.15, 0.2) is 0 Å². The van der Waals surface area contributed by atoms with Crippen LogP contribution in [0.4, 0.5) is 0 Å². The summed E-state index contributed by atoms with van der Waals surface area (Å²) in [5.74, 6) is 0. The maximum atomic E-state index is 0. The van der Waals surface area contributed by atoms with Crippen molar-refractivity contribution in [3.63, 3.8) is 0 Å². The van der Waals surface area contributed by atoms with Crippen LogP contribution < -0.4 is 0 Å². The van der Waals surface area contributed by atoms with Crippen LogP contribution in [0.2, 0.25) is 0 Å². The van der Waals surface area contributed by atoms with Crippen LogP contribution in [0.1, 0.15) is 0 Å². The van der Waals surface area contributed by atoms with E-state index in [0.717, 1.165) is 0 Å². The molecule has 0 amide bonds. The van der Waals surface area contributed by atoms with Crippen LogP contribution in [0, 0.1) is 0 Å². The van der Waals surface area contributed by atoms with Crippen molar-refractivity contribution in [3.8, 4) is 0 Å². The topological polar surface area (TPSA) is 158 Å². The molecule has 0 rings (SSSR count). The molecule has 0 aromatic heterocycles. The van der Waals surface area contributed by atoms with Gasteiger partial charge < -0.3 is 27.4 Å². The molecule has 12 heteroatoms. The summed E-state index contributed by atoms with van der Waals surface area (Å²) in [5.41, 5.74) is 0. The molecule has 0 saturated carbocycles. The average molecular weight is 1090 g/mol. The van der Waals surface area contributed by atoms with Gasteiger partial charge in [-0.2, -0.15) is 0 Å².